The first kappa shape index (κ1) is 19.2. The van der Waals surface area contributed by atoms with E-state index in [1.807, 2.05) is 0 Å². The lowest BCUT2D eigenvalue weighted by Gasteiger charge is -2.10. The fourth-order valence-electron chi connectivity index (χ4n) is 2.73. The quantitative estimate of drug-likeness (QED) is 0.683. The minimum atomic E-state index is -1.06. The van der Waals surface area contributed by atoms with Gasteiger partial charge in [-0.2, -0.15) is 0 Å². The van der Waals surface area contributed by atoms with Crippen LogP contribution in [0.1, 0.15) is 21.6 Å². The first-order valence-corrected chi connectivity index (χ1v) is 8.41. The van der Waals surface area contributed by atoms with E-state index in [0.717, 1.165) is 18.2 Å². The van der Waals surface area contributed by atoms with Crippen molar-refractivity contribution in [2.24, 2.45) is 0 Å². The molecule has 2 aromatic carbocycles. The Bertz CT molecular complexity index is 1020. The van der Waals surface area contributed by atoms with Crippen LogP contribution in [-0.2, 0) is 17.8 Å². The zero-order valence-electron chi connectivity index (χ0n) is 14.7. The summed E-state index contributed by atoms with van der Waals surface area (Å²) in [6, 6.07) is 12.6. The number of hydrogen-bond acceptors (Lipinski definition) is 3. The van der Waals surface area contributed by atoms with E-state index in [0.29, 0.717) is 11.3 Å². The van der Waals surface area contributed by atoms with Gasteiger partial charge in [-0.25, -0.2) is 8.78 Å². The van der Waals surface area contributed by atoms with Crippen LogP contribution in [-0.4, -0.2) is 22.0 Å². The number of nitrogens with one attached hydrogen (secondary N) is 1. The van der Waals surface area contributed by atoms with Crippen molar-refractivity contribution in [3.63, 3.8) is 0 Å². The second-order valence-corrected chi connectivity index (χ2v) is 6.12. The molecule has 0 saturated carbocycles. The topological polar surface area (TPSA) is 79.3 Å². The third kappa shape index (κ3) is 4.76. The smallest absolute Gasteiger partial charge is 0.307 e. The van der Waals surface area contributed by atoms with Crippen LogP contribution in [0.3, 0.4) is 0 Å². The van der Waals surface area contributed by atoms with Crippen molar-refractivity contribution in [1.82, 2.24) is 10.3 Å². The molecule has 0 aliphatic carbocycles. The maximum atomic E-state index is 14.2. The van der Waals surface area contributed by atoms with E-state index in [-0.39, 0.29) is 29.7 Å². The molecule has 7 heteroatoms. The minimum absolute atomic E-state index is 0.0222. The van der Waals surface area contributed by atoms with Gasteiger partial charge >= 0.3 is 5.97 Å². The standard InChI is InChI=1S/C21H16F2N2O3/c22-16-10-14(18-7-13(8-20(26)27)4-5-19(18)23)9-15(11-16)21(28)25-12-17-3-1-2-6-24-17/h1-7,9-11H,8,12H2,(H,25,28)(H,26,27). The van der Waals surface area contributed by atoms with E-state index < -0.39 is 23.5 Å². The third-order valence-electron chi connectivity index (χ3n) is 4.01. The molecule has 142 valence electrons. The van der Waals surface area contributed by atoms with E-state index in [1.165, 1.54) is 18.2 Å². The molecule has 3 aromatic rings. The number of halogens is 2. The number of aromatic nitrogens is 1. The number of hydrogen-bond donors (Lipinski definition) is 2. The molecular weight excluding hydrogens is 366 g/mol. The Morgan fingerprint density at radius 3 is 2.57 bits per heavy atom. The number of carboxylic acid groups (broad SMARTS) is 1. The van der Waals surface area contributed by atoms with Gasteiger partial charge in [0.15, 0.2) is 0 Å². The number of rotatable bonds is 6. The zero-order chi connectivity index (χ0) is 20.1. The van der Waals surface area contributed by atoms with Gasteiger partial charge in [-0.05, 0) is 53.6 Å². The Hall–Kier alpha value is -3.61. The Morgan fingerprint density at radius 2 is 1.86 bits per heavy atom. The van der Waals surface area contributed by atoms with Crippen LogP contribution >= 0.6 is 0 Å². The molecule has 0 aliphatic heterocycles. The van der Waals surface area contributed by atoms with Gasteiger partial charge in [0.1, 0.15) is 11.6 Å². The predicted molar refractivity (Wildman–Crippen MR) is 98.5 cm³/mol. The van der Waals surface area contributed by atoms with Crippen LogP contribution in [0.4, 0.5) is 8.78 Å². The summed E-state index contributed by atoms with van der Waals surface area (Å²) in [5.41, 5.74) is 1.20. The van der Waals surface area contributed by atoms with Crippen molar-refractivity contribution < 1.29 is 23.5 Å². The van der Waals surface area contributed by atoms with Crippen LogP contribution in [0, 0.1) is 11.6 Å². The number of carbonyl (C=O) groups is 2. The van der Waals surface area contributed by atoms with Crippen molar-refractivity contribution in [1.29, 1.82) is 0 Å². The van der Waals surface area contributed by atoms with Gasteiger partial charge in [-0.3, -0.25) is 14.6 Å². The summed E-state index contributed by atoms with van der Waals surface area (Å²) in [5.74, 6) is -2.94. The number of nitrogens with zero attached hydrogens (tertiary/aromatic N) is 1. The largest absolute Gasteiger partial charge is 0.481 e. The maximum Gasteiger partial charge on any atom is 0.307 e. The van der Waals surface area contributed by atoms with Crippen LogP contribution in [0.15, 0.2) is 60.8 Å². The van der Waals surface area contributed by atoms with Crippen molar-refractivity contribution in [2.45, 2.75) is 13.0 Å². The predicted octanol–water partition coefficient (Wildman–Crippen LogP) is 3.58. The Labute approximate surface area is 159 Å². The molecule has 2 N–H and O–H groups in total. The molecular formula is C21H16F2N2O3. The van der Waals surface area contributed by atoms with Gasteiger partial charge in [-0.15, -0.1) is 0 Å². The van der Waals surface area contributed by atoms with E-state index in [9.17, 15) is 18.4 Å². The summed E-state index contributed by atoms with van der Waals surface area (Å²) in [6.07, 6.45) is 1.30. The van der Waals surface area contributed by atoms with Crippen molar-refractivity contribution >= 4 is 11.9 Å². The number of carbonyl (C=O) groups excluding carboxylic acids is 1. The first-order valence-electron chi connectivity index (χ1n) is 8.41. The first-order chi connectivity index (χ1) is 13.4. The molecule has 0 radical (unpaired) electrons. The van der Waals surface area contributed by atoms with Crippen molar-refractivity contribution in [3.05, 3.63) is 89.2 Å². The van der Waals surface area contributed by atoms with Crippen molar-refractivity contribution in [3.8, 4) is 11.1 Å². The summed E-state index contributed by atoms with van der Waals surface area (Å²) in [4.78, 5) is 27.3. The van der Waals surface area contributed by atoms with Crippen LogP contribution in [0.5, 0.6) is 0 Å². The fourth-order valence-corrected chi connectivity index (χ4v) is 2.73. The van der Waals surface area contributed by atoms with E-state index in [1.54, 1.807) is 24.4 Å². The Kier molecular flexibility index (Phi) is 5.74. The molecule has 0 saturated heterocycles. The SMILES string of the molecule is O=C(O)Cc1ccc(F)c(-c2cc(F)cc(C(=O)NCc3ccccn3)c2)c1. The molecule has 28 heavy (non-hydrogen) atoms. The molecule has 0 spiro atoms. The van der Waals surface area contributed by atoms with Crippen LogP contribution in [0.2, 0.25) is 0 Å². The van der Waals surface area contributed by atoms with Gasteiger partial charge < -0.3 is 10.4 Å². The van der Waals surface area contributed by atoms with Gasteiger partial charge in [0.05, 0.1) is 18.7 Å². The molecule has 1 heterocycles. The second kappa shape index (κ2) is 8.39. The highest BCUT2D eigenvalue weighted by atomic mass is 19.1. The Balaban J connectivity index is 1.87. The normalized spacial score (nSPS) is 10.5. The van der Waals surface area contributed by atoms with Gasteiger partial charge in [0.2, 0.25) is 0 Å². The monoisotopic (exact) mass is 382 g/mol. The highest BCUT2D eigenvalue weighted by Crippen LogP contribution is 2.26. The van der Waals surface area contributed by atoms with Crippen molar-refractivity contribution in [2.75, 3.05) is 0 Å². The molecule has 0 bridgehead atoms. The van der Waals surface area contributed by atoms with Crippen LogP contribution < -0.4 is 5.32 Å². The lowest BCUT2D eigenvalue weighted by Crippen LogP contribution is -2.23. The maximum absolute atomic E-state index is 14.2. The van der Waals surface area contributed by atoms with Gasteiger partial charge in [-0.1, -0.05) is 12.1 Å². The molecule has 1 amide bonds. The lowest BCUT2D eigenvalue weighted by atomic mass is 9.99. The molecule has 3 rings (SSSR count). The molecule has 0 fully saturated rings. The molecule has 1 aromatic heterocycles. The van der Waals surface area contributed by atoms with E-state index in [2.05, 4.69) is 10.3 Å². The number of aliphatic carboxylic acids is 1. The van der Waals surface area contributed by atoms with Gasteiger partial charge in [0, 0.05) is 17.3 Å². The summed E-state index contributed by atoms with van der Waals surface area (Å²) in [6.45, 7) is 0.161. The van der Waals surface area contributed by atoms with E-state index >= 15 is 0 Å². The zero-order valence-corrected chi connectivity index (χ0v) is 14.7. The molecule has 0 unspecified atom stereocenters. The number of carboxylic acids is 1. The molecule has 0 aliphatic rings. The third-order valence-corrected chi connectivity index (χ3v) is 4.01. The Morgan fingerprint density at radius 1 is 1.04 bits per heavy atom. The molecule has 5 nitrogen and oxygen atoms in total. The van der Waals surface area contributed by atoms with Crippen LogP contribution in [0.25, 0.3) is 11.1 Å². The average molecular weight is 382 g/mol. The van der Waals surface area contributed by atoms with E-state index in [4.69, 9.17) is 5.11 Å². The summed E-state index contributed by atoms with van der Waals surface area (Å²) in [5, 5.41) is 11.5. The summed E-state index contributed by atoms with van der Waals surface area (Å²) < 4.78 is 28.3. The number of benzene rings is 2. The highest BCUT2D eigenvalue weighted by Gasteiger charge is 2.14. The fraction of sp³-hybridized carbons (Fsp3) is 0.0952. The highest BCUT2D eigenvalue weighted by molar-refractivity contribution is 5.95. The number of pyridine rings is 1. The minimum Gasteiger partial charge on any atom is -0.481 e. The summed E-state index contributed by atoms with van der Waals surface area (Å²) in [7, 11) is 0. The average Bonchev–Trinajstić information content (AvgIpc) is 2.67. The lowest BCUT2D eigenvalue weighted by molar-refractivity contribution is -0.136. The second-order valence-electron chi connectivity index (χ2n) is 6.12. The summed E-state index contributed by atoms with van der Waals surface area (Å²) >= 11 is 0. The molecule has 0 atom stereocenters. The van der Waals surface area contributed by atoms with Gasteiger partial charge in [0.25, 0.3) is 5.91 Å². The number of amides is 1.